The zero-order chi connectivity index (χ0) is 23.8. The molecule has 0 bridgehead atoms. The van der Waals surface area contributed by atoms with E-state index in [0.717, 1.165) is 22.5 Å². The molecule has 2 N–H and O–H groups in total. The van der Waals surface area contributed by atoms with E-state index in [2.05, 4.69) is 23.6 Å². The lowest BCUT2D eigenvalue weighted by Gasteiger charge is -2.16. The smallest absolute Gasteiger partial charge is 0.226 e. The second-order valence-corrected chi connectivity index (χ2v) is 8.54. The highest BCUT2D eigenvalue weighted by atomic mass is 35.5. The van der Waals surface area contributed by atoms with E-state index in [9.17, 15) is 4.79 Å². The van der Waals surface area contributed by atoms with Crippen molar-refractivity contribution in [2.45, 2.75) is 40.8 Å². The molecule has 0 aliphatic carbocycles. The van der Waals surface area contributed by atoms with Gasteiger partial charge < -0.3 is 20.1 Å². The number of hydrogen-bond acceptors (Lipinski definition) is 4. The lowest BCUT2D eigenvalue weighted by Crippen LogP contribution is -2.17. The van der Waals surface area contributed by atoms with E-state index in [1.54, 1.807) is 0 Å². The van der Waals surface area contributed by atoms with Gasteiger partial charge in [-0.3, -0.25) is 4.79 Å². The van der Waals surface area contributed by atoms with Crippen LogP contribution in [0.25, 0.3) is 0 Å². The molecule has 0 unspecified atom stereocenters. The van der Waals surface area contributed by atoms with Crippen LogP contribution in [0.5, 0.6) is 11.5 Å². The van der Waals surface area contributed by atoms with Gasteiger partial charge >= 0.3 is 0 Å². The molecule has 0 radical (unpaired) electrons. The van der Waals surface area contributed by atoms with Gasteiger partial charge in [-0.25, -0.2) is 0 Å². The van der Waals surface area contributed by atoms with E-state index in [4.69, 9.17) is 21.1 Å². The predicted molar refractivity (Wildman–Crippen MR) is 135 cm³/mol. The lowest BCUT2D eigenvalue weighted by molar-refractivity contribution is -0.118. The SMILES string of the molecule is CCOc1cc(CNc2ccc(NC(=O)C(C)C)cc2)cc(Cl)c1OCc1ccccc1C. The summed E-state index contributed by atoms with van der Waals surface area (Å²) in [7, 11) is 0. The second kappa shape index (κ2) is 11.6. The van der Waals surface area contributed by atoms with Crippen LogP contribution >= 0.6 is 11.6 Å². The van der Waals surface area contributed by atoms with Gasteiger partial charge in [0, 0.05) is 23.8 Å². The quantitative estimate of drug-likeness (QED) is 0.343. The van der Waals surface area contributed by atoms with Gasteiger partial charge in [0.25, 0.3) is 0 Å². The standard InChI is InChI=1S/C27H31ClN2O3/c1-5-32-25-15-20(14-24(28)26(25)33-17-21-9-7-6-8-19(21)4)16-29-22-10-12-23(13-11-22)30-27(31)18(2)3/h6-15,18,29H,5,16-17H2,1-4H3,(H,30,31). The molecule has 0 heterocycles. The van der Waals surface area contributed by atoms with Gasteiger partial charge in [-0.2, -0.15) is 0 Å². The Morgan fingerprint density at radius 1 is 1.00 bits per heavy atom. The van der Waals surface area contributed by atoms with Crippen LogP contribution in [0, 0.1) is 12.8 Å². The van der Waals surface area contributed by atoms with Crippen molar-refractivity contribution < 1.29 is 14.3 Å². The lowest BCUT2D eigenvalue weighted by atomic mass is 10.1. The fraction of sp³-hybridized carbons (Fsp3) is 0.296. The first-order valence-corrected chi connectivity index (χ1v) is 11.5. The predicted octanol–water partition coefficient (Wildman–Crippen LogP) is 6.83. The van der Waals surface area contributed by atoms with Crippen molar-refractivity contribution in [2.75, 3.05) is 17.2 Å². The molecule has 3 rings (SSSR count). The normalized spacial score (nSPS) is 10.7. The van der Waals surface area contributed by atoms with Crippen LogP contribution in [-0.4, -0.2) is 12.5 Å². The van der Waals surface area contributed by atoms with E-state index in [0.29, 0.717) is 36.3 Å². The third-order valence-electron chi connectivity index (χ3n) is 5.18. The van der Waals surface area contributed by atoms with Gasteiger partial charge in [-0.1, -0.05) is 49.7 Å². The summed E-state index contributed by atoms with van der Waals surface area (Å²) in [5.41, 5.74) is 4.96. The Balaban J connectivity index is 1.67. The molecule has 0 atom stereocenters. The number of rotatable bonds is 10. The summed E-state index contributed by atoms with van der Waals surface area (Å²) >= 11 is 6.58. The molecule has 0 spiro atoms. The van der Waals surface area contributed by atoms with Crippen molar-refractivity contribution >= 4 is 28.9 Å². The summed E-state index contributed by atoms with van der Waals surface area (Å²) in [6.07, 6.45) is 0. The molecule has 1 amide bonds. The van der Waals surface area contributed by atoms with Crippen LogP contribution in [0.15, 0.2) is 60.7 Å². The molecule has 3 aromatic rings. The Hall–Kier alpha value is -3.18. The number of nitrogens with one attached hydrogen (secondary N) is 2. The minimum atomic E-state index is -0.0595. The molecule has 3 aromatic carbocycles. The molecule has 0 aliphatic rings. The van der Waals surface area contributed by atoms with Crippen molar-refractivity contribution in [3.8, 4) is 11.5 Å². The van der Waals surface area contributed by atoms with Gasteiger partial charge in [-0.15, -0.1) is 0 Å². The summed E-state index contributed by atoms with van der Waals surface area (Å²) in [6, 6.07) is 19.6. The minimum absolute atomic E-state index is 0.00135. The van der Waals surface area contributed by atoms with Gasteiger partial charge in [0.2, 0.25) is 5.91 Å². The van der Waals surface area contributed by atoms with E-state index < -0.39 is 0 Å². The first kappa shape index (κ1) is 24.5. The number of benzene rings is 3. The molecule has 0 aliphatic heterocycles. The number of anilines is 2. The molecule has 0 fully saturated rings. The van der Waals surface area contributed by atoms with Crippen molar-refractivity contribution in [1.29, 1.82) is 0 Å². The van der Waals surface area contributed by atoms with Crippen LogP contribution in [-0.2, 0) is 17.9 Å². The highest BCUT2D eigenvalue weighted by molar-refractivity contribution is 6.32. The van der Waals surface area contributed by atoms with Gasteiger partial charge in [0.1, 0.15) is 6.61 Å². The van der Waals surface area contributed by atoms with Crippen molar-refractivity contribution in [1.82, 2.24) is 0 Å². The zero-order valence-electron chi connectivity index (χ0n) is 19.6. The van der Waals surface area contributed by atoms with Crippen LogP contribution in [0.1, 0.15) is 37.5 Å². The number of aryl methyl sites for hydroxylation is 1. The minimum Gasteiger partial charge on any atom is -0.490 e. The Kier molecular flexibility index (Phi) is 8.61. The first-order chi connectivity index (χ1) is 15.9. The number of ether oxygens (including phenoxy) is 2. The molecule has 6 heteroatoms. The fourth-order valence-corrected chi connectivity index (χ4v) is 3.50. The van der Waals surface area contributed by atoms with Crippen LogP contribution < -0.4 is 20.1 Å². The van der Waals surface area contributed by atoms with Crippen LogP contribution in [0.2, 0.25) is 5.02 Å². The largest absolute Gasteiger partial charge is 0.490 e. The van der Waals surface area contributed by atoms with E-state index in [1.165, 1.54) is 5.56 Å². The van der Waals surface area contributed by atoms with Gasteiger partial charge in [0.05, 0.1) is 11.6 Å². The average molecular weight is 467 g/mol. The summed E-state index contributed by atoms with van der Waals surface area (Å²) < 4.78 is 11.9. The van der Waals surface area contributed by atoms with Gasteiger partial charge in [-0.05, 0) is 66.9 Å². The third-order valence-corrected chi connectivity index (χ3v) is 5.46. The Morgan fingerprint density at radius 3 is 2.36 bits per heavy atom. The highest BCUT2D eigenvalue weighted by Gasteiger charge is 2.14. The summed E-state index contributed by atoms with van der Waals surface area (Å²) in [6.45, 7) is 9.22. The number of amides is 1. The molecule has 5 nitrogen and oxygen atoms in total. The zero-order valence-corrected chi connectivity index (χ0v) is 20.3. The molecule has 174 valence electrons. The molecule has 33 heavy (non-hydrogen) atoms. The number of halogens is 1. The number of hydrogen-bond donors (Lipinski definition) is 2. The Morgan fingerprint density at radius 2 is 1.70 bits per heavy atom. The van der Waals surface area contributed by atoms with Crippen LogP contribution in [0.3, 0.4) is 0 Å². The van der Waals surface area contributed by atoms with Crippen molar-refractivity contribution in [3.05, 3.63) is 82.4 Å². The second-order valence-electron chi connectivity index (χ2n) is 8.13. The fourth-order valence-electron chi connectivity index (χ4n) is 3.21. The Labute approximate surface area is 201 Å². The highest BCUT2D eigenvalue weighted by Crippen LogP contribution is 2.37. The van der Waals surface area contributed by atoms with Gasteiger partial charge in [0.15, 0.2) is 11.5 Å². The van der Waals surface area contributed by atoms with E-state index in [1.807, 2.05) is 75.4 Å². The maximum absolute atomic E-state index is 11.8. The van der Waals surface area contributed by atoms with Crippen molar-refractivity contribution in [2.24, 2.45) is 5.92 Å². The molecular weight excluding hydrogens is 436 g/mol. The number of carbonyl (C=O) groups is 1. The molecule has 0 saturated heterocycles. The maximum atomic E-state index is 11.8. The van der Waals surface area contributed by atoms with E-state index in [-0.39, 0.29) is 11.8 Å². The maximum Gasteiger partial charge on any atom is 0.226 e. The molecular formula is C27H31ClN2O3. The summed E-state index contributed by atoms with van der Waals surface area (Å²) in [5, 5.41) is 6.78. The molecule has 0 saturated carbocycles. The van der Waals surface area contributed by atoms with E-state index >= 15 is 0 Å². The first-order valence-electron chi connectivity index (χ1n) is 11.1. The van der Waals surface area contributed by atoms with Crippen molar-refractivity contribution in [3.63, 3.8) is 0 Å². The summed E-state index contributed by atoms with van der Waals surface area (Å²) in [4.78, 5) is 11.8. The third kappa shape index (κ3) is 6.90. The number of carbonyl (C=O) groups excluding carboxylic acids is 1. The Bertz CT molecular complexity index is 1080. The average Bonchev–Trinajstić information content (AvgIpc) is 2.79. The topological polar surface area (TPSA) is 59.6 Å². The van der Waals surface area contributed by atoms with Crippen LogP contribution in [0.4, 0.5) is 11.4 Å². The summed E-state index contributed by atoms with van der Waals surface area (Å²) in [5.74, 6) is 1.12. The monoisotopic (exact) mass is 466 g/mol. The molecule has 0 aromatic heterocycles.